The molecule has 2 aromatic heterocycles. The van der Waals surface area contributed by atoms with Crippen molar-refractivity contribution in [2.45, 2.75) is 6.92 Å². The molecule has 0 N–H and O–H groups in total. The second-order valence-corrected chi connectivity index (χ2v) is 4.88. The highest BCUT2D eigenvalue weighted by molar-refractivity contribution is 6.28. The van der Waals surface area contributed by atoms with Crippen molar-refractivity contribution in [3.05, 3.63) is 63.3 Å². The summed E-state index contributed by atoms with van der Waals surface area (Å²) >= 11 is 5.85. The normalized spacial score (nSPS) is 10.5. The molecule has 0 fully saturated rings. The maximum atomic E-state index is 12.3. The van der Waals surface area contributed by atoms with Crippen molar-refractivity contribution in [2.75, 3.05) is 0 Å². The van der Waals surface area contributed by atoms with Crippen molar-refractivity contribution in [2.24, 2.45) is 0 Å². The molecule has 0 atom stereocenters. The van der Waals surface area contributed by atoms with Gasteiger partial charge in [-0.3, -0.25) is 9.36 Å². The number of rotatable bonds is 1. The fourth-order valence-electron chi connectivity index (χ4n) is 2.20. The summed E-state index contributed by atoms with van der Waals surface area (Å²) in [6.45, 7) is 1.82. The highest BCUT2D eigenvalue weighted by Gasteiger charge is 2.11. The summed E-state index contributed by atoms with van der Waals surface area (Å²) in [5.41, 5.74) is 2.01. The van der Waals surface area contributed by atoms with Crippen LogP contribution in [-0.4, -0.2) is 14.5 Å². The Hall–Kier alpha value is -2.71. The third-order valence-corrected chi connectivity index (χ3v) is 3.35. The molecular weight excluding hydrogens is 288 g/mol. The van der Waals surface area contributed by atoms with Crippen molar-refractivity contribution >= 4 is 22.6 Å². The average Bonchev–Trinajstić information content (AvgIpc) is 2.47. The predicted molar refractivity (Wildman–Crippen MR) is 79.6 cm³/mol. The van der Waals surface area contributed by atoms with Crippen LogP contribution in [0.1, 0.15) is 11.1 Å². The molecular formula is C15H9ClN4O. The lowest BCUT2D eigenvalue weighted by Crippen LogP contribution is -2.19. The lowest BCUT2D eigenvalue weighted by Gasteiger charge is -2.11. The predicted octanol–water partition coefficient (Wildman–Crippen LogP) is 2.61. The summed E-state index contributed by atoms with van der Waals surface area (Å²) in [6, 6.07) is 10.3. The van der Waals surface area contributed by atoms with Gasteiger partial charge in [-0.2, -0.15) is 10.2 Å². The van der Waals surface area contributed by atoms with Crippen LogP contribution in [0.2, 0.25) is 5.28 Å². The van der Waals surface area contributed by atoms with Crippen LogP contribution in [0, 0.1) is 18.3 Å². The zero-order chi connectivity index (χ0) is 15.0. The number of nitriles is 1. The molecule has 6 heteroatoms. The van der Waals surface area contributed by atoms with Gasteiger partial charge in [0, 0.05) is 17.6 Å². The van der Waals surface area contributed by atoms with Crippen molar-refractivity contribution in [1.82, 2.24) is 14.5 Å². The molecule has 0 spiro atoms. The first-order chi connectivity index (χ1) is 10.1. The minimum absolute atomic E-state index is 0.0673. The molecule has 2 heterocycles. The Labute approximate surface area is 125 Å². The fraction of sp³-hybridized carbons (Fsp3) is 0.0667. The van der Waals surface area contributed by atoms with Crippen LogP contribution in [-0.2, 0) is 0 Å². The van der Waals surface area contributed by atoms with E-state index in [0.717, 1.165) is 10.9 Å². The number of hydrogen-bond acceptors (Lipinski definition) is 4. The molecule has 0 aliphatic heterocycles. The Balaban J connectivity index is 2.44. The van der Waals surface area contributed by atoms with E-state index >= 15 is 0 Å². The molecule has 0 aliphatic rings. The van der Waals surface area contributed by atoms with E-state index in [1.54, 1.807) is 30.5 Å². The Kier molecular flexibility index (Phi) is 3.16. The minimum atomic E-state index is -0.232. The van der Waals surface area contributed by atoms with E-state index in [0.29, 0.717) is 16.9 Å². The van der Waals surface area contributed by atoms with Crippen molar-refractivity contribution < 1.29 is 0 Å². The van der Waals surface area contributed by atoms with Crippen LogP contribution in [0.4, 0.5) is 0 Å². The van der Waals surface area contributed by atoms with Gasteiger partial charge in [0.15, 0.2) is 5.65 Å². The fourth-order valence-corrected chi connectivity index (χ4v) is 2.33. The minimum Gasteiger partial charge on any atom is -0.269 e. The maximum Gasteiger partial charge on any atom is 0.257 e. The summed E-state index contributed by atoms with van der Waals surface area (Å²) in [6.07, 6.45) is 1.59. The zero-order valence-corrected chi connectivity index (χ0v) is 11.8. The highest BCUT2D eigenvalue weighted by atomic mass is 35.5. The number of benzene rings is 1. The number of aromatic nitrogens is 3. The molecule has 0 radical (unpaired) electrons. The SMILES string of the molecule is Cc1cc(=O)n(-c2cccc(C#N)c2)c2nc(Cl)ncc12. The number of aryl methyl sites for hydroxylation is 1. The Morgan fingerprint density at radius 3 is 2.90 bits per heavy atom. The molecule has 0 saturated heterocycles. The molecule has 0 unspecified atom stereocenters. The summed E-state index contributed by atoms with van der Waals surface area (Å²) in [5.74, 6) is 0. The Morgan fingerprint density at radius 1 is 1.33 bits per heavy atom. The quantitative estimate of drug-likeness (QED) is 0.647. The number of fused-ring (bicyclic) bond motifs is 1. The van der Waals surface area contributed by atoms with Gasteiger partial charge in [-0.05, 0) is 42.3 Å². The summed E-state index contributed by atoms with van der Waals surface area (Å²) in [4.78, 5) is 20.5. The first kappa shape index (κ1) is 13.3. The van der Waals surface area contributed by atoms with E-state index in [9.17, 15) is 4.79 Å². The molecule has 5 nitrogen and oxygen atoms in total. The number of pyridine rings is 1. The standard InChI is InChI=1S/C15H9ClN4O/c1-9-5-13(21)20(11-4-2-3-10(6-11)7-17)14-12(9)8-18-15(16)19-14/h2-6,8H,1H3. The van der Waals surface area contributed by atoms with Crippen LogP contribution in [0.5, 0.6) is 0 Å². The van der Waals surface area contributed by atoms with Crippen LogP contribution in [0.15, 0.2) is 41.3 Å². The smallest absolute Gasteiger partial charge is 0.257 e. The molecule has 0 amide bonds. The van der Waals surface area contributed by atoms with E-state index in [2.05, 4.69) is 16.0 Å². The van der Waals surface area contributed by atoms with Gasteiger partial charge in [0.1, 0.15) is 0 Å². The Morgan fingerprint density at radius 2 is 2.14 bits per heavy atom. The van der Waals surface area contributed by atoms with Gasteiger partial charge >= 0.3 is 0 Å². The molecule has 0 aliphatic carbocycles. The van der Waals surface area contributed by atoms with Gasteiger partial charge < -0.3 is 0 Å². The zero-order valence-electron chi connectivity index (χ0n) is 11.0. The second-order valence-electron chi connectivity index (χ2n) is 4.54. The van der Waals surface area contributed by atoms with E-state index in [1.807, 2.05) is 6.92 Å². The molecule has 21 heavy (non-hydrogen) atoms. The van der Waals surface area contributed by atoms with Gasteiger partial charge in [0.2, 0.25) is 5.28 Å². The molecule has 0 saturated carbocycles. The molecule has 1 aromatic carbocycles. The number of hydrogen-bond donors (Lipinski definition) is 0. The van der Waals surface area contributed by atoms with Gasteiger partial charge in [0.25, 0.3) is 5.56 Å². The summed E-state index contributed by atoms with van der Waals surface area (Å²) < 4.78 is 1.43. The van der Waals surface area contributed by atoms with Crippen LogP contribution in [0.3, 0.4) is 0 Å². The van der Waals surface area contributed by atoms with E-state index in [1.165, 1.54) is 10.6 Å². The van der Waals surface area contributed by atoms with Gasteiger partial charge in [0.05, 0.1) is 17.3 Å². The monoisotopic (exact) mass is 296 g/mol. The maximum absolute atomic E-state index is 12.3. The highest BCUT2D eigenvalue weighted by Crippen LogP contribution is 2.19. The first-order valence-corrected chi connectivity index (χ1v) is 6.53. The van der Waals surface area contributed by atoms with Crippen molar-refractivity contribution in [3.63, 3.8) is 0 Å². The third-order valence-electron chi connectivity index (χ3n) is 3.17. The van der Waals surface area contributed by atoms with E-state index in [-0.39, 0.29) is 10.8 Å². The first-order valence-electron chi connectivity index (χ1n) is 6.15. The second kappa shape index (κ2) is 5.00. The molecule has 3 aromatic rings. The van der Waals surface area contributed by atoms with E-state index in [4.69, 9.17) is 16.9 Å². The molecule has 3 rings (SSSR count). The van der Waals surface area contributed by atoms with Crippen LogP contribution in [0.25, 0.3) is 16.7 Å². The summed E-state index contributed by atoms with van der Waals surface area (Å²) in [5, 5.41) is 9.80. The van der Waals surface area contributed by atoms with E-state index < -0.39 is 0 Å². The third kappa shape index (κ3) is 2.26. The van der Waals surface area contributed by atoms with Crippen LogP contribution < -0.4 is 5.56 Å². The van der Waals surface area contributed by atoms with Crippen LogP contribution >= 0.6 is 11.6 Å². The largest absolute Gasteiger partial charge is 0.269 e. The van der Waals surface area contributed by atoms with Crippen molar-refractivity contribution in [1.29, 1.82) is 5.26 Å². The van der Waals surface area contributed by atoms with Gasteiger partial charge in [-0.25, -0.2) is 4.98 Å². The lowest BCUT2D eigenvalue weighted by molar-refractivity contribution is 0.996. The van der Waals surface area contributed by atoms with Crippen molar-refractivity contribution in [3.8, 4) is 11.8 Å². The van der Waals surface area contributed by atoms with Gasteiger partial charge in [-0.1, -0.05) is 6.07 Å². The molecule has 0 bridgehead atoms. The number of halogens is 1. The Bertz CT molecular complexity index is 956. The number of nitrogens with zero attached hydrogens (tertiary/aromatic N) is 4. The lowest BCUT2D eigenvalue weighted by atomic mass is 10.1. The average molecular weight is 297 g/mol. The summed E-state index contributed by atoms with van der Waals surface area (Å²) in [7, 11) is 0. The topological polar surface area (TPSA) is 71.6 Å². The molecule has 102 valence electrons. The van der Waals surface area contributed by atoms with Gasteiger partial charge in [-0.15, -0.1) is 0 Å².